The first-order chi connectivity index (χ1) is 9.61. The summed E-state index contributed by atoms with van der Waals surface area (Å²) in [5, 5.41) is 0. The fourth-order valence-corrected chi connectivity index (χ4v) is 2.84. The summed E-state index contributed by atoms with van der Waals surface area (Å²) >= 11 is 0. The van der Waals surface area contributed by atoms with Crippen molar-refractivity contribution in [3.63, 3.8) is 0 Å². The van der Waals surface area contributed by atoms with Gasteiger partial charge in [0.15, 0.2) is 11.6 Å². The molecule has 2 heterocycles. The largest absolute Gasteiger partial charge is 0.494 e. The molecule has 5 nitrogen and oxygen atoms in total. The van der Waals surface area contributed by atoms with E-state index in [4.69, 9.17) is 4.74 Å². The molecule has 20 heavy (non-hydrogen) atoms. The van der Waals surface area contributed by atoms with Crippen molar-refractivity contribution in [1.29, 1.82) is 0 Å². The van der Waals surface area contributed by atoms with E-state index in [1.807, 2.05) is 0 Å². The Morgan fingerprint density at radius 2 is 2.15 bits per heavy atom. The molecular formula is C14H15FN2O3. The number of carbonyl (C=O) groups is 2. The maximum Gasteiger partial charge on any atom is 0.250 e. The second-order valence-corrected chi connectivity index (χ2v) is 4.99. The number of carbonyl (C=O) groups excluding carboxylic acids is 2. The molecule has 0 radical (unpaired) electrons. The van der Waals surface area contributed by atoms with E-state index in [0.717, 1.165) is 6.42 Å². The van der Waals surface area contributed by atoms with Gasteiger partial charge < -0.3 is 14.5 Å². The van der Waals surface area contributed by atoms with Crippen molar-refractivity contribution in [2.24, 2.45) is 0 Å². The minimum Gasteiger partial charge on any atom is -0.494 e. The maximum absolute atomic E-state index is 13.4. The number of fused-ring (bicyclic) bond motifs is 1. The number of hydrogen-bond donors (Lipinski definition) is 0. The van der Waals surface area contributed by atoms with E-state index in [9.17, 15) is 14.0 Å². The van der Waals surface area contributed by atoms with Gasteiger partial charge in [0.1, 0.15) is 12.6 Å². The number of anilines is 1. The highest BCUT2D eigenvalue weighted by atomic mass is 19.1. The van der Waals surface area contributed by atoms with Gasteiger partial charge in [0.05, 0.1) is 7.11 Å². The van der Waals surface area contributed by atoms with Crippen molar-refractivity contribution in [2.75, 3.05) is 25.1 Å². The third-order valence-corrected chi connectivity index (χ3v) is 3.86. The van der Waals surface area contributed by atoms with Gasteiger partial charge in [-0.05, 0) is 25.0 Å². The number of hydrogen-bond acceptors (Lipinski definition) is 3. The molecule has 1 unspecified atom stereocenters. The summed E-state index contributed by atoms with van der Waals surface area (Å²) in [6, 6.07) is 3.82. The molecule has 2 amide bonds. The van der Waals surface area contributed by atoms with Crippen LogP contribution in [-0.4, -0.2) is 43.0 Å². The Hall–Kier alpha value is -2.11. The van der Waals surface area contributed by atoms with Gasteiger partial charge in [0.2, 0.25) is 11.8 Å². The normalized spacial score (nSPS) is 22.2. The van der Waals surface area contributed by atoms with E-state index in [0.29, 0.717) is 18.7 Å². The van der Waals surface area contributed by atoms with Crippen molar-refractivity contribution in [3.8, 4) is 5.75 Å². The number of halogens is 1. The fourth-order valence-electron chi connectivity index (χ4n) is 2.84. The van der Waals surface area contributed by atoms with E-state index >= 15 is 0 Å². The second-order valence-electron chi connectivity index (χ2n) is 4.99. The molecule has 1 aromatic carbocycles. The van der Waals surface area contributed by atoms with Crippen LogP contribution in [0.25, 0.3) is 0 Å². The molecule has 1 aromatic rings. The zero-order valence-electron chi connectivity index (χ0n) is 11.1. The van der Waals surface area contributed by atoms with Crippen LogP contribution in [0.15, 0.2) is 18.2 Å². The number of ether oxygens (including phenoxy) is 1. The molecule has 0 saturated carbocycles. The van der Waals surface area contributed by atoms with Crippen LogP contribution in [0.1, 0.15) is 12.8 Å². The lowest BCUT2D eigenvalue weighted by molar-refractivity contribution is -0.140. The van der Waals surface area contributed by atoms with Gasteiger partial charge in [-0.15, -0.1) is 0 Å². The van der Waals surface area contributed by atoms with E-state index in [2.05, 4.69) is 0 Å². The minimum atomic E-state index is -0.491. The zero-order valence-corrected chi connectivity index (χ0v) is 11.1. The van der Waals surface area contributed by atoms with Crippen LogP contribution in [0.4, 0.5) is 10.1 Å². The van der Waals surface area contributed by atoms with Gasteiger partial charge in [-0.2, -0.15) is 0 Å². The Balaban J connectivity index is 1.93. The van der Waals surface area contributed by atoms with E-state index in [1.54, 1.807) is 4.90 Å². The predicted molar refractivity (Wildman–Crippen MR) is 70.0 cm³/mol. The maximum atomic E-state index is 13.4. The predicted octanol–water partition coefficient (Wildman–Crippen LogP) is 1.17. The molecule has 0 aliphatic carbocycles. The highest BCUT2D eigenvalue weighted by Crippen LogP contribution is 2.30. The zero-order chi connectivity index (χ0) is 14.3. The van der Waals surface area contributed by atoms with Crippen molar-refractivity contribution in [1.82, 2.24) is 4.90 Å². The van der Waals surface area contributed by atoms with E-state index < -0.39 is 5.82 Å². The third kappa shape index (κ3) is 1.92. The monoisotopic (exact) mass is 278 g/mol. The molecule has 2 aliphatic rings. The fraction of sp³-hybridized carbons (Fsp3) is 0.429. The minimum absolute atomic E-state index is 0.00409. The van der Waals surface area contributed by atoms with Crippen molar-refractivity contribution in [2.45, 2.75) is 18.9 Å². The SMILES string of the molecule is COc1cc(N2CC(=O)N3CCCC3C2=O)ccc1F. The molecule has 0 spiro atoms. The molecule has 106 valence electrons. The summed E-state index contributed by atoms with van der Waals surface area (Å²) < 4.78 is 18.3. The van der Waals surface area contributed by atoms with Gasteiger partial charge in [-0.1, -0.05) is 0 Å². The number of nitrogens with zero attached hydrogens (tertiary/aromatic N) is 2. The van der Waals surface area contributed by atoms with Gasteiger partial charge >= 0.3 is 0 Å². The van der Waals surface area contributed by atoms with Crippen LogP contribution in [0.3, 0.4) is 0 Å². The standard InChI is InChI=1S/C14H15FN2O3/c1-20-12-7-9(4-5-10(12)15)17-8-13(18)16-6-2-3-11(16)14(17)19/h4-5,7,11H,2-3,6,8H2,1H3. The highest BCUT2D eigenvalue weighted by molar-refractivity contribution is 6.06. The molecular weight excluding hydrogens is 263 g/mol. The number of rotatable bonds is 2. The van der Waals surface area contributed by atoms with Gasteiger partial charge in [-0.3, -0.25) is 9.59 Å². The van der Waals surface area contributed by atoms with Crippen LogP contribution in [0, 0.1) is 5.82 Å². The van der Waals surface area contributed by atoms with Crippen molar-refractivity contribution >= 4 is 17.5 Å². The van der Waals surface area contributed by atoms with Gasteiger partial charge in [0, 0.05) is 18.3 Å². The summed E-state index contributed by atoms with van der Waals surface area (Å²) in [7, 11) is 1.37. The molecule has 0 aromatic heterocycles. The Kier molecular flexibility index (Phi) is 3.08. The number of piperazine rings is 1. The van der Waals surface area contributed by atoms with Crippen molar-refractivity contribution in [3.05, 3.63) is 24.0 Å². The Morgan fingerprint density at radius 3 is 2.90 bits per heavy atom. The lowest BCUT2D eigenvalue weighted by atomic mass is 10.1. The number of methoxy groups -OCH3 is 1. The van der Waals surface area contributed by atoms with E-state index in [-0.39, 0.29) is 30.2 Å². The van der Waals surface area contributed by atoms with Crippen LogP contribution >= 0.6 is 0 Å². The summed E-state index contributed by atoms with van der Waals surface area (Å²) in [5.41, 5.74) is 0.494. The highest BCUT2D eigenvalue weighted by Gasteiger charge is 2.42. The Labute approximate surface area is 115 Å². The lowest BCUT2D eigenvalue weighted by Crippen LogP contribution is -2.57. The first-order valence-corrected chi connectivity index (χ1v) is 6.56. The Bertz CT molecular complexity index is 576. The molecule has 0 bridgehead atoms. The summed E-state index contributed by atoms with van der Waals surface area (Å²) in [6.45, 7) is 0.653. The van der Waals surface area contributed by atoms with E-state index in [1.165, 1.54) is 30.2 Å². The molecule has 2 saturated heterocycles. The topological polar surface area (TPSA) is 49.9 Å². The quantitative estimate of drug-likeness (QED) is 0.816. The van der Waals surface area contributed by atoms with Crippen LogP contribution < -0.4 is 9.64 Å². The molecule has 2 aliphatic heterocycles. The lowest BCUT2D eigenvalue weighted by Gasteiger charge is -2.36. The summed E-state index contributed by atoms with van der Waals surface area (Å²) in [5.74, 6) is -0.586. The number of benzene rings is 1. The van der Waals surface area contributed by atoms with Gasteiger partial charge in [-0.25, -0.2) is 4.39 Å². The average molecular weight is 278 g/mol. The van der Waals surface area contributed by atoms with Crippen molar-refractivity contribution < 1.29 is 18.7 Å². The summed E-state index contributed by atoms with van der Waals surface area (Å²) in [6.07, 6.45) is 1.54. The second kappa shape index (κ2) is 4.77. The summed E-state index contributed by atoms with van der Waals surface area (Å²) in [4.78, 5) is 27.5. The van der Waals surface area contributed by atoms with Crippen LogP contribution in [0.5, 0.6) is 5.75 Å². The molecule has 0 N–H and O–H groups in total. The molecule has 1 atom stereocenters. The third-order valence-electron chi connectivity index (χ3n) is 3.86. The van der Waals surface area contributed by atoms with Gasteiger partial charge in [0.25, 0.3) is 0 Å². The molecule has 3 rings (SSSR count). The Morgan fingerprint density at radius 1 is 1.35 bits per heavy atom. The van der Waals surface area contributed by atoms with Crippen LogP contribution in [0.2, 0.25) is 0 Å². The molecule has 6 heteroatoms. The number of amides is 2. The smallest absolute Gasteiger partial charge is 0.250 e. The first kappa shape index (κ1) is 12.9. The average Bonchev–Trinajstić information content (AvgIpc) is 2.94. The van der Waals surface area contributed by atoms with Crippen LogP contribution in [-0.2, 0) is 9.59 Å². The first-order valence-electron chi connectivity index (χ1n) is 6.56. The molecule has 2 fully saturated rings.